The van der Waals surface area contributed by atoms with E-state index in [0.717, 1.165) is 24.0 Å². The number of likely N-dealkylation sites (N-methyl/N-ethyl adjacent to an activating group) is 1. The Bertz CT molecular complexity index is 298. The molecule has 5 aliphatic rings. The summed E-state index contributed by atoms with van der Waals surface area (Å²) in [6.45, 7) is 9.03. The molecule has 19 heavy (non-hydrogen) atoms. The summed E-state index contributed by atoms with van der Waals surface area (Å²) in [5.41, 5.74) is 0. The summed E-state index contributed by atoms with van der Waals surface area (Å²) in [7, 11) is 2.24. The van der Waals surface area contributed by atoms with E-state index in [0.29, 0.717) is 0 Å². The quantitative estimate of drug-likeness (QED) is 0.761. The lowest BCUT2D eigenvalue weighted by atomic mass is 9.79. The Hall–Kier alpha value is -0.160. The molecule has 5 fully saturated rings. The van der Waals surface area contributed by atoms with E-state index in [1.807, 2.05) is 0 Å². The van der Waals surface area contributed by atoms with E-state index in [9.17, 15) is 0 Å². The average Bonchev–Trinajstić information content (AvgIpc) is 2.88. The van der Waals surface area contributed by atoms with Crippen LogP contribution in [0.1, 0.15) is 19.3 Å². The lowest BCUT2D eigenvalue weighted by Crippen LogP contribution is -2.58. The molecule has 0 amide bonds. The van der Waals surface area contributed by atoms with Crippen molar-refractivity contribution in [3.8, 4) is 0 Å². The molecule has 5 rings (SSSR count). The smallest absolute Gasteiger partial charge is 0.0267 e. The highest BCUT2D eigenvalue weighted by molar-refractivity contribution is 5.06. The maximum atomic E-state index is 3.99. The predicted molar refractivity (Wildman–Crippen MR) is 77.4 cm³/mol. The van der Waals surface area contributed by atoms with Crippen molar-refractivity contribution in [3.63, 3.8) is 0 Å². The maximum absolute atomic E-state index is 3.99. The van der Waals surface area contributed by atoms with E-state index < -0.39 is 0 Å². The van der Waals surface area contributed by atoms with Gasteiger partial charge >= 0.3 is 0 Å². The Morgan fingerprint density at radius 1 is 1.00 bits per heavy atom. The highest BCUT2D eigenvalue weighted by Gasteiger charge is 2.47. The third kappa shape index (κ3) is 2.33. The molecular weight excluding hydrogens is 236 g/mol. The summed E-state index contributed by atoms with van der Waals surface area (Å²) in [5.74, 6) is 0.979. The Kier molecular flexibility index (Phi) is 3.30. The van der Waals surface area contributed by atoms with Gasteiger partial charge in [0.05, 0.1) is 0 Å². The number of piperidine rings is 3. The van der Waals surface area contributed by atoms with Gasteiger partial charge in [-0.2, -0.15) is 0 Å². The minimum absolute atomic E-state index is 0.750. The number of piperazine rings is 1. The molecule has 5 heterocycles. The van der Waals surface area contributed by atoms with Gasteiger partial charge in [-0.25, -0.2) is 0 Å². The van der Waals surface area contributed by atoms with Crippen LogP contribution in [0.4, 0.5) is 0 Å². The van der Waals surface area contributed by atoms with Crippen LogP contribution in [0.5, 0.6) is 0 Å². The van der Waals surface area contributed by atoms with Gasteiger partial charge in [0.25, 0.3) is 0 Å². The molecule has 3 unspecified atom stereocenters. The molecule has 108 valence electrons. The summed E-state index contributed by atoms with van der Waals surface area (Å²) >= 11 is 0. The molecule has 0 aromatic heterocycles. The van der Waals surface area contributed by atoms with Gasteiger partial charge in [-0.3, -0.25) is 9.80 Å². The van der Waals surface area contributed by atoms with E-state index in [2.05, 4.69) is 27.1 Å². The molecule has 1 N–H and O–H groups in total. The minimum Gasteiger partial charge on any atom is -0.308 e. The number of hydrogen-bond donors (Lipinski definition) is 1. The highest BCUT2D eigenvalue weighted by atomic mass is 15.3. The Labute approximate surface area is 117 Å². The van der Waals surface area contributed by atoms with Crippen LogP contribution in [0, 0.1) is 5.92 Å². The second kappa shape index (κ2) is 4.99. The molecule has 4 nitrogen and oxygen atoms in total. The van der Waals surface area contributed by atoms with E-state index in [4.69, 9.17) is 0 Å². The third-order valence-electron chi connectivity index (χ3n) is 5.99. The number of fused-ring (bicyclic) bond motifs is 2. The van der Waals surface area contributed by atoms with Gasteiger partial charge in [0, 0.05) is 50.8 Å². The average molecular weight is 264 g/mol. The van der Waals surface area contributed by atoms with Crippen LogP contribution < -0.4 is 5.32 Å². The van der Waals surface area contributed by atoms with Crippen LogP contribution in [-0.2, 0) is 0 Å². The van der Waals surface area contributed by atoms with Gasteiger partial charge in [0.2, 0.25) is 0 Å². The van der Waals surface area contributed by atoms with Crippen LogP contribution >= 0.6 is 0 Å². The number of rotatable bonds is 2. The van der Waals surface area contributed by atoms with Crippen molar-refractivity contribution in [2.75, 3.05) is 52.9 Å². The van der Waals surface area contributed by atoms with Crippen molar-refractivity contribution in [1.82, 2.24) is 20.0 Å². The van der Waals surface area contributed by atoms with Crippen molar-refractivity contribution in [3.05, 3.63) is 0 Å². The molecule has 0 aromatic carbocycles. The summed E-state index contributed by atoms with van der Waals surface area (Å²) in [6, 6.07) is 2.43. The van der Waals surface area contributed by atoms with Crippen molar-refractivity contribution in [2.45, 2.75) is 37.4 Å². The zero-order valence-electron chi connectivity index (χ0n) is 12.2. The Balaban J connectivity index is 1.34. The first kappa shape index (κ1) is 12.6. The molecule has 0 radical (unpaired) electrons. The fourth-order valence-corrected chi connectivity index (χ4v) is 4.80. The Morgan fingerprint density at radius 3 is 2.42 bits per heavy atom. The molecule has 0 spiro atoms. The van der Waals surface area contributed by atoms with E-state index in [-0.39, 0.29) is 0 Å². The number of nitrogens with one attached hydrogen (secondary N) is 1. The van der Waals surface area contributed by atoms with Crippen LogP contribution in [-0.4, -0.2) is 85.7 Å². The summed E-state index contributed by atoms with van der Waals surface area (Å²) < 4.78 is 0. The van der Waals surface area contributed by atoms with Gasteiger partial charge in [0.1, 0.15) is 0 Å². The first-order valence-electron chi connectivity index (χ1n) is 8.20. The standard InChI is InChI=1S/C15H28N4/c1-17-6-8-18(9-7-17)11-13-10-14-15(16-13)12-2-4-19(14)5-3-12/h12-16H,2-11H2,1H3. The number of hydrogen-bond acceptors (Lipinski definition) is 4. The monoisotopic (exact) mass is 264 g/mol. The first-order valence-corrected chi connectivity index (χ1v) is 8.20. The predicted octanol–water partition coefficient (Wildman–Crippen LogP) is 0.0585. The first-order chi connectivity index (χ1) is 9.29. The van der Waals surface area contributed by atoms with Crippen LogP contribution in [0.25, 0.3) is 0 Å². The lowest BCUT2D eigenvalue weighted by molar-refractivity contribution is 0.0360. The van der Waals surface area contributed by atoms with Gasteiger partial charge in [-0.05, 0) is 45.3 Å². The molecule has 2 bridgehead atoms. The summed E-state index contributed by atoms with van der Waals surface area (Å²) in [4.78, 5) is 7.89. The maximum Gasteiger partial charge on any atom is 0.0267 e. The molecule has 3 atom stereocenters. The Morgan fingerprint density at radius 2 is 1.74 bits per heavy atom. The second-order valence-corrected chi connectivity index (χ2v) is 7.17. The topological polar surface area (TPSA) is 21.8 Å². The summed E-state index contributed by atoms with van der Waals surface area (Å²) in [6.07, 6.45) is 4.28. The molecular formula is C15H28N4. The van der Waals surface area contributed by atoms with E-state index >= 15 is 0 Å². The van der Waals surface area contributed by atoms with E-state index in [1.165, 1.54) is 65.1 Å². The highest BCUT2D eigenvalue weighted by Crippen LogP contribution is 2.37. The second-order valence-electron chi connectivity index (χ2n) is 7.17. The van der Waals surface area contributed by atoms with Crippen LogP contribution in [0.3, 0.4) is 0 Å². The lowest BCUT2D eigenvalue weighted by Gasteiger charge is -2.48. The van der Waals surface area contributed by atoms with Crippen molar-refractivity contribution >= 4 is 0 Å². The molecule has 5 saturated heterocycles. The molecule has 4 heteroatoms. The SMILES string of the molecule is CN1CCN(CC2CC3C(N2)C2CCN3CC2)CC1. The van der Waals surface area contributed by atoms with Gasteiger partial charge in [0.15, 0.2) is 0 Å². The summed E-state index contributed by atoms with van der Waals surface area (Å²) in [5, 5.41) is 3.99. The largest absolute Gasteiger partial charge is 0.308 e. The third-order valence-corrected chi connectivity index (χ3v) is 5.99. The van der Waals surface area contributed by atoms with Gasteiger partial charge in [-0.1, -0.05) is 0 Å². The minimum atomic E-state index is 0.750. The zero-order valence-corrected chi connectivity index (χ0v) is 12.2. The molecule has 0 aliphatic carbocycles. The van der Waals surface area contributed by atoms with E-state index in [1.54, 1.807) is 0 Å². The van der Waals surface area contributed by atoms with Crippen molar-refractivity contribution in [2.24, 2.45) is 5.92 Å². The van der Waals surface area contributed by atoms with Gasteiger partial charge in [-0.15, -0.1) is 0 Å². The van der Waals surface area contributed by atoms with Crippen LogP contribution in [0.2, 0.25) is 0 Å². The fraction of sp³-hybridized carbons (Fsp3) is 1.00. The number of nitrogens with zero attached hydrogens (tertiary/aromatic N) is 3. The van der Waals surface area contributed by atoms with Crippen molar-refractivity contribution < 1.29 is 0 Å². The molecule has 5 aliphatic heterocycles. The zero-order chi connectivity index (χ0) is 12.8. The fourth-order valence-electron chi connectivity index (χ4n) is 4.80. The molecule has 0 aromatic rings. The van der Waals surface area contributed by atoms with Crippen molar-refractivity contribution in [1.29, 1.82) is 0 Å². The normalized spacial score (nSPS) is 47.5. The van der Waals surface area contributed by atoms with Gasteiger partial charge < -0.3 is 10.2 Å². The molecule has 0 saturated carbocycles. The van der Waals surface area contributed by atoms with Crippen LogP contribution in [0.15, 0.2) is 0 Å².